The first-order valence-corrected chi connectivity index (χ1v) is 8.65. The van der Waals surface area contributed by atoms with Crippen LogP contribution in [0.4, 0.5) is 4.39 Å². The monoisotopic (exact) mass is 368 g/mol. The summed E-state index contributed by atoms with van der Waals surface area (Å²) >= 11 is 0. The van der Waals surface area contributed by atoms with Gasteiger partial charge in [0.2, 0.25) is 0 Å². The molecule has 0 saturated heterocycles. The molecule has 0 atom stereocenters. The topological polar surface area (TPSA) is 60.2 Å². The van der Waals surface area contributed by atoms with E-state index in [0.717, 1.165) is 5.56 Å². The molecule has 0 radical (unpaired) electrons. The van der Waals surface area contributed by atoms with Gasteiger partial charge in [0.25, 0.3) is 5.91 Å². The van der Waals surface area contributed by atoms with Crippen molar-refractivity contribution in [1.29, 1.82) is 0 Å². The summed E-state index contributed by atoms with van der Waals surface area (Å²) in [6, 6.07) is 8.07. The zero-order valence-electron chi connectivity index (χ0n) is 15.1. The van der Waals surface area contributed by atoms with Crippen molar-refractivity contribution in [1.82, 2.24) is 19.4 Å². The minimum atomic E-state index is -0.589. The molecule has 0 aliphatic heterocycles. The number of carbonyl (C=O) groups excluding carboxylic acids is 1. The molecular formula is C20H21FN4O2. The smallest absolute Gasteiger partial charge is 0.260 e. The Hall–Kier alpha value is -3.22. The van der Waals surface area contributed by atoms with Gasteiger partial charge in [0.05, 0.1) is 13.4 Å². The number of imidazole rings is 1. The molecule has 2 heterocycles. The molecule has 0 aliphatic rings. The van der Waals surface area contributed by atoms with Crippen molar-refractivity contribution in [3.8, 4) is 5.75 Å². The first kappa shape index (κ1) is 18.6. The zero-order chi connectivity index (χ0) is 19.1. The molecule has 0 bridgehead atoms. The Bertz CT molecular complexity index is 869. The van der Waals surface area contributed by atoms with E-state index in [1.54, 1.807) is 35.9 Å². The summed E-state index contributed by atoms with van der Waals surface area (Å²) in [5.41, 5.74) is 0.882. The average Bonchev–Trinajstić information content (AvgIpc) is 3.21. The van der Waals surface area contributed by atoms with Crippen molar-refractivity contribution in [2.45, 2.75) is 19.5 Å². The molecule has 140 valence electrons. The number of hydrogen-bond donors (Lipinski definition) is 0. The normalized spacial score (nSPS) is 10.6. The van der Waals surface area contributed by atoms with E-state index in [9.17, 15) is 9.18 Å². The number of rotatable bonds is 8. The molecule has 0 N–H and O–H groups in total. The van der Waals surface area contributed by atoms with Crippen molar-refractivity contribution in [3.05, 3.63) is 78.4 Å². The van der Waals surface area contributed by atoms with Crippen LogP contribution in [0.2, 0.25) is 0 Å². The van der Waals surface area contributed by atoms with Gasteiger partial charge < -0.3 is 14.2 Å². The van der Waals surface area contributed by atoms with Crippen LogP contribution >= 0.6 is 0 Å². The van der Waals surface area contributed by atoms with E-state index in [-0.39, 0.29) is 11.3 Å². The number of hydrogen-bond acceptors (Lipinski definition) is 4. The highest BCUT2D eigenvalue weighted by atomic mass is 19.1. The van der Waals surface area contributed by atoms with Crippen LogP contribution in [0.15, 0.2) is 61.4 Å². The molecule has 27 heavy (non-hydrogen) atoms. The fraction of sp³-hybridized carbons (Fsp3) is 0.250. The van der Waals surface area contributed by atoms with E-state index in [2.05, 4.69) is 9.97 Å². The summed E-state index contributed by atoms with van der Waals surface area (Å²) < 4.78 is 21.5. The van der Waals surface area contributed by atoms with Gasteiger partial charge in [0, 0.05) is 44.4 Å². The van der Waals surface area contributed by atoms with E-state index in [0.29, 0.717) is 26.1 Å². The number of ether oxygens (including phenoxy) is 1. The Morgan fingerprint density at radius 2 is 2.00 bits per heavy atom. The standard InChI is InChI=1S/C20H21FN4O2/c1-27-18-5-2-4-17(21)19(18)20(26)25(14-16-6-8-22-9-7-16)12-3-11-24-13-10-23-15-24/h2,4-10,13,15H,3,11-12,14H2,1H3. The fourth-order valence-electron chi connectivity index (χ4n) is 2.86. The molecule has 2 aromatic heterocycles. The van der Waals surface area contributed by atoms with Crippen LogP contribution in [0.25, 0.3) is 0 Å². The van der Waals surface area contributed by atoms with Gasteiger partial charge in [0.15, 0.2) is 0 Å². The number of pyridine rings is 1. The number of nitrogens with zero attached hydrogens (tertiary/aromatic N) is 4. The summed E-state index contributed by atoms with van der Waals surface area (Å²) in [4.78, 5) is 22.8. The minimum absolute atomic E-state index is 0.0447. The maximum absolute atomic E-state index is 14.4. The second-order valence-corrected chi connectivity index (χ2v) is 6.05. The van der Waals surface area contributed by atoms with E-state index >= 15 is 0 Å². The van der Waals surface area contributed by atoms with Crippen LogP contribution < -0.4 is 4.74 Å². The molecule has 0 unspecified atom stereocenters. The summed E-state index contributed by atoms with van der Waals surface area (Å²) in [6.07, 6.45) is 9.37. The second kappa shape index (κ2) is 8.93. The molecule has 0 aliphatic carbocycles. The van der Waals surface area contributed by atoms with Crippen LogP contribution in [0.1, 0.15) is 22.3 Å². The van der Waals surface area contributed by atoms with E-state index < -0.39 is 11.7 Å². The molecule has 0 saturated carbocycles. The van der Waals surface area contributed by atoms with Gasteiger partial charge in [-0.1, -0.05) is 6.07 Å². The number of methoxy groups -OCH3 is 1. The van der Waals surface area contributed by atoms with Crippen LogP contribution in [0, 0.1) is 5.82 Å². The summed E-state index contributed by atoms with van der Waals surface area (Å²) in [5, 5.41) is 0. The molecule has 1 amide bonds. The largest absolute Gasteiger partial charge is 0.496 e. The highest BCUT2D eigenvalue weighted by molar-refractivity contribution is 5.97. The SMILES string of the molecule is COc1cccc(F)c1C(=O)N(CCCn1ccnc1)Cc1ccncc1. The van der Waals surface area contributed by atoms with Gasteiger partial charge in [-0.05, 0) is 36.2 Å². The highest BCUT2D eigenvalue weighted by Gasteiger charge is 2.23. The molecule has 0 spiro atoms. The van der Waals surface area contributed by atoms with Crippen LogP contribution in [0.3, 0.4) is 0 Å². The van der Waals surface area contributed by atoms with Gasteiger partial charge in [-0.15, -0.1) is 0 Å². The first-order chi connectivity index (χ1) is 13.2. The summed E-state index contributed by atoms with van der Waals surface area (Å²) in [5.74, 6) is -0.754. The Labute approximate surface area is 157 Å². The Kier molecular flexibility index (Phi) is 6.14. The third-order valence-corrected chi connectivity index (χ3v) is 4.22. The maximum Gasteiger partial charge on any atom is 0.260 e. The minimum Gasteiger partial charge on any atom is -0.496 e. The lowest BCUT2D eigenvalue weighted by molar-refractivity contribution is 0.0730. The molecule has 7 heteroatoms. The quantitative estimate of drug-likeness (QED) is 0.613. The van der Waals surface area contributed by atoms with Crippen LogP contribution in [-0.2, 0) is 13.1 Å². The zero-order valence-corrected chi connectivity index (χ0v) is 15.1. The summed E-state index contributed by atoms with van der Waals surface area (Å²) in [7, 11) is 1.43. The van der Waals surface area contributed by atoms with Gasteiger partial charge >= 0.3 is 0 Å². The van der Waals surface area contributed by atoms with Gasteiger partial charge in [-0.2, -0.15) is 0 Å². The second-order valence-electron chi connectivity index (χ2n) is 6.05. The lowest BCUT2D eigenvalue weighted by atomic mass is 10.1. The first-order valence-electron chi connectivity index (χ1n) is 8.65. The fourth-order valence-corrected chi connectivity index (χ4v) is 2.86. The van der Waals surface area contributed by atoms with Crippen molar-refractivity contribution in [3.63, 3.8) is 0 Å². The number of aryl methyl sites for hydroxylation is 1. The van der Waals surface area contributed by atoms with Gasteiger partial charge in [0.1, 0.15) is 17.1 Å². The van der Waals surface area contributed by atoms with E-state index in [4.69, 9.17) is 4.74 Å². The van der Waals surface area contributed by atoms with Crippen molar-refractivity contribution >= 4 is 5.91 Å². The molecule has 1 aromatic carbocycles. The van der Waals surface area contributed by atoms with Crippen molar-refractivity contribution < 1.29 is 13.9 Å². The highest BCUT2D eigenvalue weighted by Crippen LogP contribution is 2.24. The molecular weight excluding hydrogens is 347 g/mol. The number of amides is 1. The third-order valence-electron chi connectivity index (χ3n) is 4.22. The lowest BCUT2D eigenvalue weighted by Gasteiger charge is -2.24. The van der Waals surface area contributed by atoms with Crippen molar-refractivity contribution in [2.75, 3.05) is 13.7 Å². The molecule has 3 aromatic rings. The number of aromatic nitrogens is 3. The molecule has 3 rings (SSSR count). The van der Waals surface area contributed by atoms with Gasteiger partial charge in [-0.3, -0.25) is 9.78 Å². The molecule has 6 nitrogen and oxygen atoms in total. The third kappa shape index (κ3) is 4.69. The molecule has 0 fully saturated rings. The Morgan fingerprint density at radius 3 is 2.70 bits per heavy atom. The van der Waals surface area contributed by atoms with E-state index in [1.165, 1.54) is 19.2 Å². The van der Waals surface area contributed by atoms with Crippen LogP contribution in [-0.4, -0.2) is 39.0 Å². The Balaban J connectivity index is 1.80. The number of carbonyl (C=O) groups is 1. The predicted octanol–water partition coefficient (Wildman–Crippen LogP) is 3.16. The number of halogens is 1. The van der Waals surface area contributed by atoms with Crippen molar-refractivity contribution in [2.24, 2.45) is 0 Å². The Morgan fingerprint density at radius 1 is 1.19 bits per heavy atom. The lowest BCUT2D eigenvalue weighted by Crippen LogP contribution is -2.33. The number of benzene rings is 1. The summed E-state index contributed by atoms with van der Waals surface area (Å²) in [6.45, 7) is 1.55. The van der Waals surface area contributed by atoms with Gasteiger partial charge in [-0.25, -0.2) is 9.37 Å². The average molecular weight is 368 g/mol. The maximum atomic E-state index is 14.4. The van der Waals surface area contributed by atoms with Crippen LogP contribution in [0.5, 0.6) is 5.75 Å². The predicted molar refractivity (Wildman–Crippen MR) is 98.8 cm³/mol. The van der Waals surface area contributed by atoms with E-state index in [1.807, 2.05) is 22.9 Å².